The molecule has 0 unspecified atom stereocenters. The van der Waals surface area contributed by atoms with Gasteiger partial charge in [-0.2, -0.15) is 0 Å². The number of hydrogen-bond acceptors (Lipinski definition) is 8. The lowest BCUT2D eigenvalue weighted by Crippen LogP contribution is -2.40. The first-order valence-corrected chi connectivity index (χ1v) is 16.1. The van der Waals surface area contributed by atoms with Crippen molar-refractivity contribution in [2.45, 2.75) is 37.6 Å². The Labute approximate surface area is 243 Å². The van der Waals surface area contributed by atoms with Crippen LogP contribution in [0.25, 0.3) is 5.65 Å². The van der Waals surface area contributed by atoms with Crippen LogP contribution in [0.1, 0.15) is 47.9 Å². The van der Waals surface area contributed by atoms with E-state index in [1.165, 1.54) is 24.7 Å². The van der Waals surface area contributed by atoms with Crippen LogP contribution in [-0.2, 0) is 21.2 Å². The van der Waals surface area contributed by atoms with Crippen molar-refractivity contribution in [3.8, 4) is 0 Å². The summed E-state index contributed by atoms with van der Waals surface area (Å²) in [4.78, 5) is 28.4. The van der Waals surface area contributed by atoms with Crippen LogP contribution in [0.4, 0.5) is 17.3 Å². The average molecular weight is 592 g/mol. The van der Waals surface area contributed by atoms with E-state index in [-0.39, 0.29) is 29.2 Å². The number of carbonyl (C=O) groups is 1. The molecule has 12 heteroatoms. The Morgan fingerprint density at radius 3 is 2.61 bits per heavy atom. The SMILES string of the molecule is O=C(Nc1cc(NCc2cn3cc(C4CC4)cc(N4CCS(=O)(=O)CC4)c3n2)ncn1)[C@H]1C[C@@H]1c1cccc(Cl)c1. The zero-order valence-electron chi connectivity index (χ0n) is 22.3. The van der Waals surface area contributed by atoms with Gasteiger partial charge in [0.25, 0.3) is 0 Å². The number of nitrogens with one attached hydrogen (secondary N) is 2. The Morgan fingerprint density at radius 1 is 1.02 bits per heavy atom. The summed E-state index contributed by atoms with van der Waals surface area (Å²) in [6.45, 7) is 1.38. The molecule has 4 aromatic rings. The van der Waals surface area contributed by atoms with Crippen LogP contribution >= 0.6 is 11.6 Å². The minimum Gasteiger partial charge on any atom is -0.366 e. The predicted molar refractivity (Wildman–Crippen MR) is 158 cm³/mol. The van der Waals surface area contributed by atoms with E-state index in [2.05, 4.69) is 42.2 Å². The van der Waals surface area contributed by atoms with Crippen LogP contribution < -0.4 is 15.5 Å². The number of amides is 1. The topological polar surface area (TPSA) is 122 Å². The normalized spacial score (nSPS) is 21.5. The van der Waals surface area contributed by atoms with Crippen LogP contribution in [0, 0.1) is 5.92 Å². The number of imidazole rings is 1. The van der Waals surface area contributed by atoms with Crippen molar-refractivity contribution < 1.29 is 13.2 Å². The quantitative estimate of drug-likeness (QED) is 0.312. The van der Waals surface area contributed by atoms with Crippen molar-refractivity contribution in [1.29, 1.82) is 0 Å². The van der Waals surface area contributed by atoms with Crippen LogP contribution in [0.3, 0.4) is 0 Å². The number of aromatic nitrogens is 4. The molecule has 1 aliphatic heterocycles. The number of anilines is 3. The van der Waals surface area contributed by atoms with Gasteiger partial charge in [-0.3, -0.25) is 4.79 Å². The van der Waals surface area contributed by atoms with Crippen LogP contribution in [0.5, 0.6) is 0 Å². The number of nitrogens with zero attached hydrogens (tertiary/aromatic N) is 5. The zero-order valence-corrected chi connectivity index (χ0v) is 23.9. The molecule has 2 N–H and O–H groups in total. The Balaban J connectivity index is 1.03. The summed E-state index contributed by atoms with van der Waals surface area (Å²) in [6.07, 6.45) is 8.71. The fourth-order valence-corrected chi connectivity index (χ4v) is 6.98. The number of rotatable bonds is 8. The highest BCUT2D eigenvalue weighted by molar-refractivity contribution is 7.91. The first-order chi connectivity index (χ1) is 19.8. The van der Waals surface area contributed by atoms with Crippen LogP contribution in [-0.4, -0.2) is 58.3 Å². The first-order valence-electron chi connectivity index (χ1n) is 13.9. The molecule has 0 radical (unpaired) electrons. The van der Waals surface area contributed by atoms with Gasteiger partial charge >= 0.3 is 0 Å². The fourth-order valence-electron chi connectivity index (χ4n) is 5.58. The highest BCUT2D eigenvalue weighted by atomic mass is 35.5. The second-order valence-electron chi connectivity index (χ2n) is 11.2. The van der Waals surface area contributed by atoms with Gasteiger partial charge in [-0.1, -0.05) is 23.7 Å². The number of benzene rings is 1. The molecule has 1 aromatic carbocycles. The van der Waals surface area contributed by atoms with Gasteiger partial charge in [0.2, 0.25) is 5.91 Å². The van der Waals surface area contributed by atoms with Gasteiger partial charge in [0.05, 0.1) is 29.4 Å². The summed E-state index contributed by atoms with van der Waals surface area (Å²) in [5.74, 6) is 1.90. The first kappa shape index (κ1) is 26.2. The molecule has 3 fully saturated rings. The number of fused-ring (bicyclic) bond motifs is 1. The maximum atomic E-state index is 12.8. The number of carbonyl (C=O) groups excluding carboxylic acids is 1. The second kappa shape index (κ2) is 10.3. The van der Waals surface area contributed by atoms with Crippen molar-refractivity contribution in [1.82, 2.24) is 19.4 Å². The maximum absolute atomic E-state index is 12.8. The molecule has 4 heterocycles. The molecule has 1 saturated heterocycles. The maximum Gasteiger partial charge on any atom is 0.229 e. The third-order valence-corrected chi connectivity index (χ3v) is 9.95. The molecular weight excluding hydrogens is 562 g/mol. The van der Waals surface area contributed by atoms with Gasteiger partial charge < -0.3 is 19.9 Å². The third kappa shape index (κ3) is 5.73. The molecule has 2 atom stereocenters. The van der Waals surface area contributed by atoms with E-state index in [9.17, 15) is 13.2 Å². The van der Waals surface area contributed by atoms with E-state index in [0.29, 0.717) is 42.2 Å². The zero-order chi connectivity index (χ0) is 28.1. The average Bonchev–Trinajstić information content (AvgIpc) is 3.88. The van der Waals surface area contributed by atoms with Crippen molar-refractivity contribution in [2.75, 3.05) is 40.1 Å². The number of pyridine rings is 1. The summed E-state index contributed by atoms with van der Waals surface area (Å²) in [7, 11) is -2.98. The van der Waals surface area contributed by atoms with Crippen molar-refractivity contribution >= 4 is 50.3 Å². The van der Waals surface area contributed by atoms with E-state index < -0.39 is 9.84 Å². The lowest BCUT2D eigenvalue weighted by Gasteiger charge is -2.29. The lowest BCUT2D eigenvalue weighted by molar-refractivity contribution is -0.117. The molecule has 1 amide bonds. The molecule has 3 aliphatic rings. The van der Waals surface area contributed by atoms with E-state index >= 15 is 0 Å². The molecule has 10 nitrogen and oxygen atoms in total. The lowest BCUT2D eigenvalue weighted by atomic mass is 10.1. The van der Waals surface area contributed by atoms with Gasteiger partial charge in [-0.25, -0.2) is 23.4 Å². The van der Waals surface area contributed by atoms with Crippen LogP contribution in [0.2, 0.25) is 5.02 Å². The van der Waals surface area contributed by atoms with E-state index in [1.807, 2.05) is 30.5 Å². The highest BCUT2D eigenvalue weighted by Gasteiger charge is 2.44. The Bertz CT molecular complexity index is 1740. The molecule has 0 bridgehead atoms. The summed E-state index contributed by atoms with van der Waals surface area (Å²) < 4.78 is 26.1. The molecule has 3 aromatic heterocycles. The standard InChI is InChI=1S/C29H30ClN7O3S/c30-21-3-1-2-19(10-21)23-12-24(23)29(38)35-27-13-26(32-17-33-27)31-14-22-16-37-15-20(18-4-5-18)11-25(28(37)34-22)36-6-8-41(39,40)9-7-36/h1-3,10-11,13,15-18,23-24H,4-9,12,14H2,(H2,31,32,33,35,38)/t23-,24+/m1/s1. The van der Waals surface area contributed by atoms with Crippen molar-refractivity contribution in [2.24, 2.45) is 5.92 Å². The smallest absolute Gasteiger partial charge is 0.229 e. The van der Waals surface area contributed by atoms with Gasteiger partial charge in [-0.15, -0.1) is 0 Å². The van der Waals surface area contributed by atoms with Crippen molar-refractivity contribution in [3.05, 3.63) is 77.0 Å². The number of sulfone groups is 1. The molecule has 7 rings (SSSR count). The number of halogens is 1. The molecule has 2 aliphatic carbocycles. The van der Waals surface area contributed by atoms with Crippen molar-refractivity contribution in [3.63, 3.8) is 0 Å². The number of hydrogen-bond donors (Lipinski definition) is 2. The van der Waals surface area contributed by atoms with E-state index in [0.717, 1.165) is 29.0 Å². The molecular formula is C29H30ClN7O3S. The Hall–Kier alpha value is -3.70. The minimum atomic E-state index is -2.98. The summed E-state index contributed by atoms with van der Waals surface area (Å²) in [6, 6.07) is 11.6. The largest absolute Gasteiger partial charge is 0.366 e. The van der Waals surface area contributed by atoms with E-state index in [4.69, 9.17) is 16.6 Å². The summed E-state index contributed by atoms with van der Waals surface area (Å²) in [5.41, 5.74) is 4.98. The Morgan fingerprint density at radius 2 is 1.83 bits per heavy atom. The highest BCUT2D eigenvalue weighted by Crippen LogP contribution is 2.48. The summed E-state index contributed by atoms with van der Waals surface area (Å²) in [5, 5.41) is 6.89. The molecule has 2 saturated carbocycles. The fraction of sp³-hybridized carbons (Fsp3) is 0.379. The van der Waals surface area contributed by atoms with Gasteiger partial charge in [0.15, 0.2) is 15.5 Å². The van der Waals surface area contributed by atoms with E-state index in [1.54, 1.807) is 6.07 Å². The minimum absolute atomic E-state index is 0.0653. The third-order valence-electron chi connectivity index (χ3n) is 8.11. The monoisotopic (exact) mass is 591 g/mol. The second-order valence-corrected chi connectivity index (χ2v) is 13.9. The molecule has 212 valence electrons. The van der Waals surface area contributed by atoms with Gasteiger partial charge in [-0.05, 0) is 60.4 Å². The van der Waals surface area contributed by atoms with Gasteiger partial charge in [0, 0.05) is 42.5 Å². The predicted octanol–water partition coefficient (Wildman–Crippen LogP) is 4.24. The molecule has 41 heavy (non-hydrogen) atoms. The van der Waals surface area contributed by atoms with Gasteiger partial charge in [0.1, 0.15) is 18.0 Å². The summed E-state index contributed by atoms with van der Waals surface area (Å²) >= 11 is 6.11. The molecule has 0 spiro atoms. The Kier molecular flexibility index (Phi) is 6.58. The van der Waals surface area contributed by atoms with Crippen LogP contribution in [0.15, 0.2) is 55.1 Å².